The summed E-state index contributed by atoms with van der Waals surface area (Å²) in [5, 5.41) is 9.00. The first-order chi connectivity index (χ1) is 7.86. The van der Waals surface area contributed by atoms with E-state index >= 15 is 0 Å². The van der Waals surface area contributed by atoms with Crippen LogP contribution in [-0.4, -0.2) is 15.0 Å². The van der Waals surface area contributed by atoms with E-state index in [1.807, 2.05) is 0 Å². The van der Waals surface area contributed by atoms with Crippen LogP contribution in [0.4, 0.5) is 5.69 Å². The largest absolute Gasteiger partial charge is 0.399 e. The van der Waals surface area contributed by atoms with Crippen molar-refractivity contribution in [2.75, 3.05) is 12.3 Å². The summed E-state index contributed by atoms with van der Waals surface area (Å²) in [7, 11) is -3.79. The van der Waals surface area contributed by atoms with Crippen LogP contribution >= 0.6 is 11.6 Å². The van der Waals surface area contributed by atoms with Crippen LogP contribution in [0.2, 0.25) is 0 Å². The molecule has 17 heavy (non-hydrogen) atoms. The topological polar surface area (TPSA) is 96.0 Å². The number of nitrogens with zero attached hydrogens (tertiary/aromatic N) is 1. The standard InChI is InChI=1S/C10H10ClN3O2S/c1-7(11)6-14-17(15,16)10-3-2-9(13)4-8(10)5-12/h2-4,14H,1,6,13H2. The van der Waals surface area contributed by atoms with E-state index in [0.29, 0.717) is 5.69 Å². The minimum Gasteiger partial charge on any atom is -0.399 e. The van der Waals surface area contributed by atoms with E-state index in [1.54, 1.807) is 6.07 Å². The van der Waals surface area contributed by atoms with Gasteiger partial charge in [0.25, 0.3) is 0 Å². The van der Waals surface area contributed by atoms with E-state index in [0.717, 1.165) is 0 Å². The Kier molecular flexibility index (Phi) is 4.12. The van der Waals surface area contributed by atoms with E-state index in [9.17, 15) is 8.42 Å². The van der Waals surface area contributed by atoms with Gasteiger partial charge in [-0.2, -0.15) is 5.26 Å². The average Bonchev–Trinajstić information content (AvgIpc) is 2.26. The molecule has 5 nitrogen and oxygen atoms in total. The second kappa shape index (κ2) is 5.19. The molecule has 0 unspecified atom stereocenters. The maximum atomic E-state index is 11.8. The van der Waals surface area contributed by atoms with E-state index < -0.39 is 10.0 Å². The molecule has 0 saturated heterocycles. The van der Waals surface area contributed by atoms with Crippen molar-refractivity contribution >= 4 is 27.3 Å². The third kappa shape index (κ3) is 3.46. The van der Waals surface area contributed by atoms with E-state index in [4.69, 9.17) is 22.6 Å². The van der Waals surface area contributed by atoms with Crippen LogP contribution in [0.1, 0.15) is 5.56 Å². The van der Waals surface area contributed by atoms with E-state index in [1.165, 1.54) is 18.2 Å². The third-order valence-corrected chi connectivity index (χ3v) is 3.46. The lowest BCUT2D eigenvalue weighted by atomic mass is 10.2. The Morgan fingerprint density at radius 1 is 1.59 bits per heavy atom. The highest BCUT2D eigenvalue weighted by atomic mass is 35.5. The summed E-state index contributed by atoms with van der Waals surface area (Å²) < 4.78 is 25.9. The van der Waals surface area contributed by atoms with Gasteiger partial charge < -0.3 is 5.73 Å². The summed E-state index contributed by atoms with van der Waals surface area (Å²) in [4.78, 5) is -0.132. The monoisotopic (exact) mass is 271 g/mol. The molecular weight excluding hydrogens is 262 g/mol. The number of hydrogen-bond acceptors (Lipinski definition) is 4. The number of benzene rings is 1. The summed E-state index contributed by atoms with van der Waals surface area (Å²) in [6.45, 7) is 3.26. The van der Waals surface area contributed by atoms with Gasteiger partial charge in [0.1, 0.15) is 6.07 Å². The molecule has 0 aliphatic heterocycles. The molecule has 1 aromatic carbocycles. The molecule has 0 aromatic heterocycles. The van der Waals surface area contributed by atoms with Gasteiger partial charge in [-0.3, -0.25) is 0 Å². The predicted octanol–water partition coefficient (Wildman–Crippen LogP) is 1.17. The van der Waals surface area contributed by atoms with Crippen molar-refractivity contribution in [3.05, 3.63) is 35.4 Å². The van der Waals surface area contributed by atoms with Crippen LogP contribution in [0.5, 0.6) is 0 Å². The van der Waals surface area contributed by atoms with Crippen LogP contribution in [0.3, 0.4) is 0 Å². The van der Waals surface area contributed by atoms with Crippen molar-refractivity contribution in [1.29, 1.82) is 5.26 Å². The Morgan fingerprint density at radius 3 is 2.76 bits per heavy atom. The molecule has 90 valence electrons. The van der Waals surface area contributed by atoms with Gasteiger partial charge in [-0.25, -0.2) is 13.1 Å². The van der Waals surface area contributed by atoms with Gasteiger partial charge in [0.2, 0.25) is 10.0 Å². The zero-order chi connectivity index (χ0) is 13.1. The van der Waals surface area contributed by atoms with Crippen molar-refractivity contribution in [3.8, 4) is 6.07 Å². The summed E-state index contributed by atoms with van der Waals surface area (Å²) in [5.41, 5.74) is 5.77. The highest BCUT2D eigenvalue weighted by Crippen LogP contribution is 2.18. The summed E-state index contributed by atoms with van der Waals surface area (Å²) >= 11 is 5.46. The normalized spacial score (nSPS) is 10.8. The second-order valence-electron chi connectivity index (χ2n) is 3.21. The number of nitrogens with one attached hydrogen (secondary N) is 1. The maximum Gasteiger partial charge on any atom is 0.242 e. The molecule has 0 heterocycles. The fourth-order valence-corrected chi connectivity index (χ4v) is 2.43. The van der Waals surface area contributed by atoms with Crippen molar-refractivity contribution in [3.63, 3.8) is 0 Å². The number of nitrogen functional groups attached to an aromatic ring is 1. The van der Waals surface area contributed by atoms with Crippen molar-refractivity contribution in [2.24, 2.45) is 0 Å². The molecule has 7 heteroatoms. The Balaban J connectivity index is 3.16. The van der Waals surface area contributed by atoms with Gasteiger partial charge in [-0.1, -0.05) is 18.2 Å². The first-order valence-corrected chi connectivity index (χ1v) is 6.35. The highest BCUT2D eigenvalue weighted by molar-refractivity contribution is 7.89. The number of hydrogen-bond donors (Lipinski definition) is 2. The number of sulfonamides is 1. The molecule has 0 fully saturated rings. The van der Waals surface area contributed by atoms with Gasteiger partial charge >= 0.3 is 0 Å². The third-order valence-electron chi connectivity index (χ3n) is 1.87. The Morgan fingerprint density at radius 2 is 2.24 bits per heavy atom. The number of halogens is 1. The highest BCUT2D eigenvalue weighted by Gasteiger charge is 2.18. The zero-order valence-corrected chi connectivity index (χ0v) is 10.3. The Labute approximate surface area is 105 Å². The molecule has 0 amide bonds. The van der Waals surface area contributed by atoms with Crippen LogP contribution < -0.4 is 10.5 Å². The van der Waals surface area contributed by atoms with Gasteiger partial charge in [0, 0.05) is 17.3 Å². The average molecular weight is 272 g/mol. The summed E-state index contributed by atoms with van der Waals surface area (Å²) in [6.07, 6.45) is 0. The second-order valence-corrected chi connectivity index (χ2v) is 5.48. The zero-order valence-electron chi connectivity index (χ0n) is 8.77. The lowest BCUT2D eigenvalue weighted by Crippen LogP contribution is -2.25. The Bertz CT molecular complexity index is 590. The fraction of sp³-hybridized carbons (Fsp3) is 0.100. The summed E-state index contributed by atoms with van der Waals surface area (Å²) in [5.74, 6) is 0. The van der Waals surface area contributed by atoms with Crippen LogP contribution in [0.25, 0.3) is 0 Å². The van der Waals surface area contributed by atoms with Crippen molar-refractivity contribution in [2.45, 2.75) is 4.90 Å². The molecule has 0 bridgehead atoms. The van der Waals surface area contributed by atoms with Gasteiger partial charge in [-0.05, 0) is 18.2 Å². The molecule has 0 aliphatic rings. The van der Waals surface area contributed by atoms with Crippen molar-refractivity contribution in [1.82, 2.24) is 4.72 Å². The lowest BCUT2D eigenvalue weighted by molar-refractivity contribution is 0.585. The molecule has 0 spiro atoms. The molecule has 0 aliphatic carbocycles. The quantitative estimate of drug-likeness (QED) is 0.804. The molecule has 1 aromatic rings. The Hall–Kier alpha value is -1.55. The number of rotatable bonds is 4. The van der Waals surface area contributed by atoms with Crippen LogP contribution in [0.15, 0.2) is 34.7 Å². The van der Waals surface area contributed by atoms with Crippen molar-refractivity contribution < 1.29 is 8.42 Å². The van der Waals surface area contributed by atoms with Crippen LogP contribution in [0, 0.1) is 11.3 Å². The molecule has 3 N–H and O–H groups in total. The minimum atomic E-state index is -3.79. The number of anilines is 1. The van der Waals surface area contributed by atoms with Crippen LogP contribution in [-0.2, 0) is 10.0 Å². The van der Waals surface area contributed by atoms with Gasteiger partial charge in [0.05, 0.1) is 10.5 Å². The molecule has 1 rings (SSSR count). The molecular formula is C10H10ClN3O2S. The van der Waals surface area contributed by atoms with E-state index in [2.05, 4.69) is 11.3 Å². The number of nitrogens with two attached hydrogens (primary N) is 1. The first-order valence-electron chi connectivity index (χ1n) is 4.49. The summed E-state index contributed by atoms with van der Waals surface area (Å²) in [6, 6.07) is 5.75. The van der Waals surface area contributed by atoms with Gasteiger partial charge in [0.15, 0.2) is 0 Å². The molecule has 0 radical (unpaired) electrons. The van der Waals surface area contributed by atoms with Gasteiger partial charge in [-0.15, -0.1) is 0 Å². The lowest BCUT2D eigenvalue weighted by Gasteiger charge is -2.07. The SMILES string of the molecule is C=C(Cl)CNS(=O)(=O)c1ccc(N)cc1C#N. The smallest absolute Gasteiger partial charge is 0.242 e. The molecule has 0 atom stereocenters. The predicted molar refractivity (Wildman–Crippen MR) is 65.8 cm³/mol. The first kappa shape index (κ1) is 13.5. The molecule has 0 saturated carbocycles. The van der Waals surface area contributed by atoms with E-state index in [-0.39, 0.29) is 22.0 Å². The maximum absolute atomic E-state index is 11.8. The fourth-order valence-electron chi connectivity index (χ4n) is 1.12. The minimum absolute atomic E-state index is 0.0160. The number of nitriles is 1.